The van der Waals surface area contributed by atoms with Crippen molar-refractivity contribution in [1.82, 2.24) is 39.4 Å². The third-order valence-electron chi connectivity index (χ3n) is 7.43. The Balaban J connectivity index is 1.10. The first-order valence-electron chi connectivity index (χ1n) is 13.7. The molecule has 0 aliphatic carbocycles. The van der Waals surface area contributed by atoms with Crippen LogP contribution < -0.4 is 11.1 Å². The van der Waals surface area contributed by atoms with E-state index in [0.29, 0.717) is 57.4 Å². The van der Waals surface area contributed by atoms with Gasteiger partial charge in [-0.25, -0.2) is 15.0 Å². The first kappa shape index (κ1) is 26.8. The minimum absolute atomic E-state index is 0.525. The van der Waals surface area contributed by atoms with Crippen LogP contribution in [0, 0.1) is 13.8 Å². The molecule has 1 aromatic carbocycles. The molecule has 1 fully saturated rings. The molecule has 41 heavy (non-hydrogen) atoms. The van der Waals surface area contributed by atoms with Gasteiger partial charge in [-0.1, -0.05) is 24.3 Å². The highest BCUT2D eigenvalue weighted by atomic mass is 16.5. The van der Waals surface area contributed by atoms with E-state index in [2.05, 4.69) is 54.7 Å². The maximum absolute atomic E-state index is 10.7. The number of hydrogen-bond acceptors (Lipinski definition) is 10. The van der Waals surface area contributed by atoms with Crippen molar-refractivity contribution in [2.75, 3.05) is 37.4 Å². The molecular weight excluding hydrogens is 520 g/mol. The minimum Gasteiger partial charge on any atom is -0.384 e. The van der Waals surface area contributed by atoms with Gasteiger partial charge < -0.3 is 20.9 Å². The lowest BCUT2D eigenvalue weighted by Crippen LogP contribution is -2.38. The molecule has 5 heterocycles. The highest BCUT2D eigenvalue weighted by Crippen LogP contribution is 2.22. The molecule has 0 saturated carbocycles. The highest BCUT2D eigenvalue weighted by molar-refractivity contribution is 5.85. The number of aliphatic hydroxyl groups excluding tert-OH is 1. The quantitative estimate of drug-likeness (QED) is 0.249. The van der Waals surface area contributed by atoms with Crippen LogP contribution in [0.15, 0.2) is 55.2 Å². The maximum atomic E-state index is 10.7. The molecule has 0 spiro atoms. The lowest BCUT2D eigenvalue weighted by molar-refractivity contribution is -0.0603. The van der Waals surface area contributed by atoms with E-state index in [1.165, 1.54) is 6.33 Å². The number of nitrogen functional groups attached to an aromatic ring is 1. The van der Waals surface area contributed by atoms with E-state index in [1.54, 1.807) is 6.20 Å². The summed E-state index contributed by atoms with van der Waals surface area (Å²) in [5, 5.41) is 24.1. The second kappa shape index (κ2) is 11.6. The Morgan fingerprint density at radius 2 is 1.76 bits per heavy atom. The van der Waals surface area contributed by atoms with E-state index < -0.39 is 6.23 Å². The number of benzene rings is 1. The number of aliphatic hydroxyl groups is 1. The number of aromatic nitrogens is 7. The first-order chi connectivity index (χ1) is 19.9. The molecule has 0 bridgehead atoms. The minimum atomic E-state index is -0.664. The normalized spacial score (nSPS) is 14.9. The Morgan fingerprint density at radius 3 is 2.49 bits per heavy atom. The zero-order valence-electron chi connectivity index (χ0n) is 23.2. The zero-order valence-corrected chi connectivity index (χ0v) is 23.2. The van der Waals surface area contributed by atoms with Crippen molar-refractivity contribution >= 4 is 22.7 Å². The molecule has 4 N–H and O–H groups in total. The van der Waals surface area contributed by atoms with E-state index in [0.717, 1.165) is 44.7 Å². The third-order valence-corrected chi connectivity index (χ3v) is 7.43. The Kier molecular flexibility index (Phi) is 7.59. The standard InChI is InChI=1S/C29H34N10O2/c1-19-11-26(30)35-20(2)24(19)13-31-27-25-17-39(36-28(25)33-18-32-27)15-22-5-3-21(4-6-22)14-38-16-23(12-34-38)29(40)37-7-9-41-10-8-37/h3-6,11-12,16-18,29,40H,7-10,13-15H2,1-2H3,(H2,30,35)(H,31,32,33,36). The van der Waals surface area contributed by atoms with Gasteiger partial charge in [-0.15, -0.1) is 0 Å². The van der Waals surface area contributed by atoms with Gasteiger partial charge in [0.1, 0.15) is 24.2 Å². The fourth-order valence-electron chi connectivity index (χ4n) is 5.19. The number of aryl methyl sites for hydroxylation is 2. The first-order valence-corrected chi connectivity index (χ1v) is 13.7. The molecule has 1 atom stereocenters. The van der Waals surface area contributed by atoms with Crippen molar-refractivity contribution in [1.29, 1.82) is 0 Å². The summed E-state index contributed by atoms with van der Waals surface area (Å²) in [6.45, 7) is 8.50. The number of rotatable bonds is 9. The molecule has 1 saturated heterocycles. The maximum Gasteiger partial charge on any atom is 0.186 e. The van der Waals surface area contributed by atoms with Crippen LogP contribution in [-0.4, -0.2) is 70.8 Å². The summed E-state index contributed by atoms with van der Waals surface area (Å²) in [4.78, 5) is 15.2. The molecule has 1 aliphatic heterocycles. The monoisotopic (exact) mass is 554 g/mol. The van der Waals surface area contributed by atoms with Crippen molar-refractivity contribution in [2.45, 2.75) is 39.7 Å². The smallest absolute Gasteiger partial charge is 0.186 e. The predicted octanol–water partition coefficient (Wildman–Crippen LogP) is 2.65. The summed E-state index contributed by atoms with van der Waals surface area (Å²) in [6.07, 6.45) is 6.47. The largest absolute Gasteiger partial charge is 0.384 e. The number of nitrogens with two attached hydrogens (primary N) is 1. The van der Waals surface area contributed by atoms with E-state index in [-0.39, 0.29) is 0 Å². The Bertz CT molecular complexity index is 1620. The van der Waals surface area contributed by atoms with Crippen LogP contribution >= 0.6 is 0 Å². The van der Waals surface area contributed by atoms with Crippen LogP contribution in [0.4, 0.5) is 11.6 Å². The number of ether oxygens (including phenoxy) is 1. The van der Waals surface area contributed by atoms with Gasteiger partial charge in [0, 0.05) is 43.3 Å². The van der Waals surface area contributed by atoms with E-state index in [1.807, 2.05) is 46.6 Å². The molecule has 1 aliphatic rings. The van der Waals surface area contributed by atoms with Gasteiger partial charge in [-0.05, 0) is 42.2 Å². The van der Waals surface area contributed by atoms with Crippen molar-refractivity contribution in [3.63, 3.8) is 0 Å². The van der Waals surface area contributed by atoms with E-state index in [4.69, 9.17) is 10.5 Å². The average Bonchev–Trinajstić information content (AvgIpc) is 3.61. The molecule has 0 amide bonds. The van der Waals surface area contributed by atoms with E-state index >= 15 is 0 Å². The summed E-state index contributed by atoms with van der Waals surface area (Å²) in [5.41, 5.74) is 12.6. The second-order valence-corrected chi connectivity index (χ2v) is 10.4. The van der Waals surface area contributed by atoms with E-state index in [9.17, 15) is 5.11 Å². The van der Waals surface area contributed by atoms with Crippen molar-refractivity contribution in [3.8, 4) is 0 Å². The number of nitrogens with one attached hydrogen (secondary N) is 1. The van der Waals surface area contributed by atoms with Crippen LogP contribution in [0.25, 0.3) is 11.0 Å². The number of anilines is 2. The SMILES string of the molecule is Cc1cc(N)nc(C)c1CNc1ncnc2nn(Cc3ccc(Cn4cc(C(O)N5CCOCC5)cn4)cc3)cc12. The number of hydrogen-bond donors (Lipinski definition) is 3. The van der Waals surface area contributed by atoms with Gasteiger partial charge in [0.25, 0.3) is 0 Å². The Morgan fingerprint density at radius 1 is 1.02 bits per heavy atom. The zero-order chi connectivity index (χ0) is 28.3. The van der Waals surface area contributed by atoms with Crippen LogP contribution in [0.5, 0.6) is 0 Å². The van der Waals surface area contributed by atoms with Gasteiger partial charge in [-0.2, -0.15) is 10.2 Å². The molecule has 212 valence electrons. The predicted molar refractivity (Wildman–Crippen MR) is 155 cm³/mol. The van der Waals surface area contributed by atoms with Gasteiger partial charge in [0.05, 0.1) is 37.9 Å². The molecule has 12 nitrogen and oxygen atoms in total. The lowest BCUT2D eigenvalue weighted by atomic mass is 10.1. The number of fused-ring (bicyclic) bond motifs is 1. The van der Waals surface area contributed by atoms with Crippen LogP contribution in [-0.2, 0) is 24.4 Å². The molecule has 0 radical (unpaired) electrons. The molecular formula is C29H34N10O2. The Hall–Kier alpha value is -4.39. The summed E-state index contributed by atoms with van der Waals surface area (Å²) >= 11 is 0. The topological polar surface area (TPSA) is 145 Å². The molecule has 1 unspecified atom stereocenters. The number of nitrogens with zero attached hydrogens (tertiary/aromatic N) is 8. The molecule has 6 rings (SSSR count). The molecule has 12 heteroatoms. The highest BCUT2D eigenvalue weighted by Gasteiger charge is 2.21. The summed E-state index contributed by atoms with van der Waals surface area (Å²) in [7, 11) is 0. The summed E-state index contributed by atoms with van der Waals surface area (Å²) in [6, 6.07) is 10.3. The fourth-order valence-corrected chi connectivity index (χ4v) is 5.19. The third kappa shape index (κ3) is 6.04. The number of pyridine rings is 1. The van der Waals surface area contributed by atoms with Gasteiger partial charge in [0.2, 0.25) is 0 Å². The van der Waals surface area contributed by atoms with Crippen LogP contribution in [0.2, 0.25) is 0 Å². The fraction of sp³-hybridized carbons (Fsp3) is 0.345. The second-order valence-electron chi connectivity index (χ2n) is 10.4. The summed E-state index contributed by atoms with van der Waals surface area (Å²) < 4.78 is 9.11. The number of morpholine rings is 1. The van der Waals surface area contributed by atoms with Crippen molar-refractivity contribution in [2.24, 2.45) is 0 Å². The average molecular weight is 555 g/mol. The lowest BCUT2D eigenvalue weighted by Gasteiger charge is -2.30. The molecule has 5 aromatic rings. The van der Waals surface area contributed by atoms with Crippen LogP contribution in [0.3, 0.4) is 0 Å². The molecule has 4 aromatic heterocycles. The van der Waals surface area contributed by atoms with Gasteiger partial charge in [-0.3, -0.25) is 14.3 Å². The van der Waals surface area contributed by atoms with Crippen LogP contribution in [0.1, 0.15) is 39.7 Å². The van der Waals surface area contributed by atoms with Crippen molar-refractivity contribution < 1.29 is 9.84 Å². The van der Waals surface area contributed by atoms with Crippen molar-refractivity contribution in [3.05, 3.63) is 88.8 Å². The van der Waals surface area contributed by atoms with Gasteiger partial charge >= 0.3 is 0 Å². The summed E-state index contributed by atoms with van der Waals surface area (Å²) in [5.74, 6) is 1.25. The Labute approximate surface area is 237 Å². The van der Waals surface area contributed by atoms with Gasteiger partial charge in [0.15, 0.2) is 5.65 Å².